The van der Waals surface area contributed by atoms with Gasteiger partial charge in [-0.05, 0) is 113 Å². The SMILES string of the molecule is c1ccc2c(c1)Oc1ccc(-c3ccc4c(c3)C3(c5ccccc5-4)c4ccccc4-c4ccc5ccccc5c43)cc1C21c2ccccc2-c2ccccc21. The summed E-state index contributed by atoms with van der Waals surface area (Å²) in [5, 5.41) is 2.59. The van der Waals surface area contributed by atoms with E-state index in [9.17, 15) is 0 Å². The van der Waals surface area contributed by atoms with Gasteiger partial charge >= 0.3 is 0 Å². The molecule has 0 amide bonds. The summed E-state index contributed by atoms with van der Waals surface area (Å²) in [6.07, 6.45) is 0. The normalized spacial score (nSPS) is 16.7. The molecule has 0 fully saturated rings. The molecule has 4 aliphatic rings. The zero-order valence-corrected chi connectivity index (χ0v) is 29.9. The molecule has 1 unspecified atom stereocenters. The van der Waals surface area contributed by atoms with Gasteiger partial charge in [0.2, 0.25) is 0 Å². The van der Waals surface area contributed by atoms with Gasteiger partial charge in [0.1, 0.15) is 11.5 Å². The summed E-state index contributed by atoms with van der Waals surface area (Å²) in [6, 6.07) is 72.4. The molecule has 1 atom stereocenters. The number of benzene rings is 9. The summed E-state index contributed by atoms with van der Waals surface area (Å²) in [5.41, 5.74) is 19.7. The topological polar surface area (TPSA) is 9.23 Å². The van der Waals surface area contributed by atoms with Crippen molar-refractivity contribution < 1.29 is 4.74 Å². The monoisotopic (exact) mass is 696 g/mol. The van der Waals surface area contributed by atoms with Crippen molar-refractivity contribution in [1.29, 1.82) is 0 Å². The zero-order chi connectivity index (χ0) is 35.9. The number of hydrogen-bond donors (Lipinski definition) is 0. The van der Waals surface area contributed by atoms with Gasteiger partial charge < -0.3 is 4.74 Å². The van der Waals surface area contributed by atoms with E-state index in [-0.39, 0.29) is 0 Å². The second kappa shape index (κ2) is 10.4. The van der Waals surface area contributed by atoms with Crippen molar-refractivity contribution in [2.24, 2.45) is 0 Å². The summed E-state index contributed by atoms with van der Waals surface area (Å²) in [4.78, 5) is 0. The second-order valence-electron chi connectivity index (χ2n) is 15.5. The fraction of sp³-hybridized carbons (Fsp3) is 0.0370. The first-order chi connectivity index (χ1) is 27.3. The molecule has 0 N–H and O–H groups in total. The van der Waals surface area contributed by atoms with Crippen LogP contribution in [0, 0.1) is 0 Å². The predicted octanol–water partition coefficient (Wildman–Crippen LogP) is 13.3. The van der Waals surface area contributed by atoms with E-state index in [1.54, 1.807) is 0 Å². The van der Waals surface area contributed by atoms with Gasteiger partial charge in [-0.25, -0.2) is 0 Å². The number of fused-ring (bicyclic) bond motifs is 21. The van der Waals surface area contributed by atoms with Crippen molar-refractivity contribution in [1.82, 2.24) is 0 Å². The van der Waals surface area contributed by atoms with Crippen LogP contribution in [0.4, 0.5) is 0 Å². The van der Waals surface area contributed by atoms with Crippen molar-refractivity contribution in [3.8, 4) is 56.0 Å². The van der Waals surface area contributed by atoms with E-state index in [0.29, 0.717) is 0 Å². The molecule has 1 heteroatoms. The Hall–Kier alpha value is -6.96. The quantitative estimate of drug-likeness (QED) is 0.166. The number of hydrogen-bond acceptors (Lipinski definition) is 1. The van der Waals surface area contributed by atoms with Crippen LogP contribution in [0.15, 0.2) is 194 Å². The molecule has 0 radical (unpaired) electrons. The van der Waals surface area contributed by atoms with Crippen LogP contribution in [0.1, 0.15) is 44.5 Å². The summed E-state index contributed by atoms with van der Waals surface area (Å²) in [6.45, 7) is 0. The van der Waals surface area contributed by atoms with E-state index < -0.39 is 10.8 Å². The van der Waals surface area contributed by atoms with Crippen LogP contribution in [0.2, 0.25) is 0 Å². The van der Waals surface area contributed by atoms with Crippen molar-refractivity contribution in [3.05, 3.63) is 239 Å². The molecule has 3 aliphatic carbocycles. The van der Waals surface area contributed by atoms with Crippen LogP contribution < -0.4 is 4.74 Å². The summed E-state index contributed by atoms with van der Waals surface area (Å²) in [5.74, 6) is 1.82. The number of rotatable bonds is 1. The molecule has 0 saturated carbocycles. The molecular formula is C54H32O. The minimum atomic E-state index is -0.510. The van der Waals surface area contributed by atoms with Gasteiger partial charge in [0.05, 0.1) is 10.8 Å². The minimum absolute atomic E-state index is 0.449. The fourth-order valence-electron chi connectivity index (χ4n) is 11.1. The van der Waals surface area contributed by atoms with E-state index in [4.69, 9.17) is 4.74 Å². The third kappa shape index (κ3) is 3.46. The molecule has 2 spiro atoms. The Morgan fingerprint density at radius 2 is 0.745 bits per heavy atom. The van der Waals surface area contributed by atoms with Crippen LogP contribution in [-0.4, -0.2) is 0 Å². The number of ether oxygens (including phenoxy) is 1. The standard InChI is InChI=1S/C54H32O/c1-2-14-36-33(13-1)25-29-42-40-18-6-10-22-46(40)54(52(36)42)45-21-9-5-17-39(45)41-28-26-34(31-48(41)54)35-27-30-51-49(32-35)53(47-23-11-12-24-50(47)55-51)43-19-7-3-15-37(43)38-16-4-8-20-44(38)53/h1-32H. The van der Waals surface area contributed by atoms with Crippen LogP contribution >= 0.6 is 0 Å². The average molecular weight is 697 g/mol. The second-order valence-corrected chi connectivity index (χ2v) is 15.5. The fourth-order valence-corrected chi connectivity index (χ4v) is 11.1. The largest absolute Gasteiger partial charge is 0.457 e. The maximum absolute atomic E-state index is 6.80. The molecule has 9 aromatic carbocycles. The van der Waals surface area contributed by atoms with Crippen LogP contribution in [-0.2, 0) is 10.8 Å². The summed E-state index contributed by atoms with van der Waals surface area (Å²) < 4.78 is 6.80. The van der Waals surface area contributed by atoms with Gasteiger partial charge in [0.25, 0.3) is 0 Å². The van der Waals surface area contributed by atoms with Crippen molar-refractivity contribution in [3.63, 3.8) is 0 Å². The highest BCUT2D eigenvalue weighted by molar-refractivity contribution is 6.04. The van der Waals surface area contributed by atoms with E-state index in [1.165, 1.54) is 99.8 Å². The Morgan fingerprint density at radius 3 is 1.42 bits per heavy atom. The molecule has 13 rings (SSSR count). The Labute approximate surface area is 319 Å². The average Bonchev–Trinajstić information content (AvgIpc) is 3.84. The van der Waals surface area contributed by atoms with Gasteiger partial charge in [-0.2, -0.15) is 0 Å². The van der Waals surface area contributed by atoms with Gasteiger partial charge in [-0.3, -0.25) is 0 Å². The van der Waals surface area contributed by atoms with Gasteiger partial charge in [-0.1, -0.05) is 170 Å². The third-order valence-electron chi connectivity index (χ3n) is 13.2. The first-order valence-corrected chi connectivity index (χ1v) is 19.3. The molecule has 55 heavy (non-hydrogen) atoms. The van der Waals surface area contributed by atoms with Gasteiger partial charge in [0, 0.05) is 11.1 Å². The number of para-hydroxylation sites is 1. The van der Waals surface area contributed by atoms with Crippen LogP contribution in [0.5, 0.6) is 11.5 Å². The Kier molecular flexibility index (Phi) is 5.56. The highest BCUT2D eigenvalue weighted by atomic mass is 16.5. The molecular weight excluding hydrogens is 665 g/mol. The Morgan fingerprint density at radius 1 is 0.291 bits per heavy atom. The Bertz CT molecular complexity index is 3090. The predicted molar refractivity (Wildman–Crippen MR) is 223 cm³/mol. The maximum Gasteiger partial charge on any atom is 0.132 e. The van der Waals surface area contributed by atoms with Gasteiger partial charge in [0.15, 0.2) is 0 Å². The molecule has 0 bridgehead atoms. The lowest BCUT2D eigenvalue weighted by Gasteiger charge is -2.39. The van der Waals surface area contributed by atoms with E-state index in [2.05, 4.69) is 194 Å². The highest BCUT2D eigenvalue weighted by Gasteiger charge is 2.53. The highest BCUT2D eigenvalue weighted by Crippen LogP contribution is 2.65. The van der Waals surface area contributed by atoms with Crippen molar-refractivity contribution in [2.75, 3.05) is 0 Å². The molecule has 1 nitrogen and oxygen atoms in total. The van der Waals surface area contributed by atoms with E-state index in [0.717, 1.165) is 11.5 Å². The van der Waals surface area contributed by atoms with E-state index in [1.807, 2.05) is 0 Å². The van der Waals surface area contributed by atoms with E-state index >= 15 is 0 Å². The van der Waals surface area contributed by atoms with Crippen molar-refractivity contribution in [2.45, 2.75) is 10.8 Å². The minimum Gasteiger partial charge on any atom is -0.457 e. The first-order valence-electron chi connectivity index (χ1n) is 19.3. The molecule has 254 valence electrons. The third-order valence-corrected chi connectivity index (χ3v) is 13.2. The Balaban J connectivity index is 1.10. The molecule has 0 saturated heterocycles. The molecule has 1 aliphatic heterocycles. The maximum atomic E-state index is 6.80. The lowest BCUT2D eigenvalue weighted by Crippen LogP contribution is -2.32. The van der Waals surface area contributed by atoms with Crippen molar-refractivity contribution >= 4 is 10.8 Å². The smallest absolute Gasteiger partial charge is 0.132 e. The lowest BCUT2D eigenvalue weighted by molar-refractivity contribution is 0.436. The summed E-state index contributed by atoms with van der Waals surface area (Å²) >= 11 is 0. The van der Waals surface area contributed by atoms with Crippen LogP contribution in [0.25, 0.3) is 55.3 Å². The molecule has 0 aromatic heterocycles. The first kappa shape index (κ1) is 29.5. The summed E-state index contributed by atoms with van der Waals surface area (Å²) in [7, 11) is 0. The zero-order valence-electron chi connectivity index (χ0n) is 29.9. The van der Waals surface area contributed by atoms with Gasteiger partial charge in [-0.15, -0.1) is 0 Å². The van der Waals surface area contributed by atoms with Crippen LogP contribution in [0.3, 0.4) is 0 Å². The molecule has 1 heterocycles. The lowest BCUT2D eigenvalue weighted by atomic mass is 9.65. The molecule has 9 aromatic rings.